The number of carbonyl (C=O) groups is 1. The Morgan fingerprint density at radius 1 is 1.20 bits per heavy atom. The molecule has 0 bridgehead atoms. The molecule has 0 fully saturated rings. The minimum Gasteiger partial charge on any atom is -0.305 e. The third-order valence-corrected chi connectivity index (χ3v) is 3.62. The molecule has 1 aromatic carbocycles. The fourth-order valence-electron chi connectivity index (χ4n) is 1.79. The number of rotatable bonds is 7. The minimum atomic E-state index is -3.29. The first kappa shape index (κ1) is 16.7. The fraction of sp³-hybridized carbons (Fsp3) is 0.500. The van der Waals surface area contributed by atoms with Crippen LogP contribution in [0.1, 0.15) is 37.6 Å². The van der Waals surface area contributed by atoms with Crippen molar-refractivity contribution in [3.05, 3.63) is 29.8 Å². The molecule has 112 valence electrons. The lowest BCUT2D eigenvalue weighted by molar-refractivity contribution is 0.0945. The molecule has 2 N–H and O–H groups in total. The van der Waals surface area contributed by atoms with E-state index in [1.54, 1.807) is 24.3 Å². The molecule has 1 aromatic rings. The van der Waals surface area contributed by atoms with E-state index in [0.717, 1.165) is 12.7 Å². The van der Waals surface area contributed by atoms with Crippen LogP contribution in [0.2, 0.25) is 0 Å². The van der Waals surface area contributed by atoms with Crippen LogP contribution in [0.25, 0.3) is 0 Å². The van der Waals surface area contributed by atoms with Gasteiger partial charge in [-0.15, -0.1) is 0 Å². The lowest BCUT2D eigenvalue weighted by Gasteiger charge is -2.17. The Morgan fingerprint density at radius 3 is 2.20 bits per heavy atom. The van der Waals surface area contributed by atoms with Crippen molar-refractivity contribution in [3.63, 3.8) is 0 Å². The Morgan fingerprint density at radius 2 is 1.75 bits per heavy atom. The Labute approximate surface area is 120 Å². The largest absolute Gasteiger partial charge is 0.305 e. The van der Waals surface area contributed by atoms with Crippen LogP contribution >= 0.6 is 0 Å². The number of anilines is 1. The van der Waals surface area contributed by atoms with Crippen LogP contribution in [0.4, 0.5) is 5.69 Å². The van der Waals surface area contributed by atoms with E-state index in [9.17, 15) is 13.2 Å². The molecule has 0 saturated carbocycles. The Bertz CT molecular complexity index is 552. The fourth-order valence-corrected chi connectivity index (χ4v) is 2.35. The van der Waals surface area contributed by atoms with Crippen LogP contribution < -0.4 is 10.0 Å². The molecule has 0 aliphatic rings. The summed E-state index contributed by atoms with van der Waals surface area (Å²) in [5, 5.41) is 3.22. The summed E-state index contributed by atoms with van der Waals surface area (Å²) in [7, 11) is -3.29. The Hall–Kier alpha value is -1.40. The van der Waals surface area contributed by atoms with Gasteiger partial charge in [0.2, 0.25) is 10.0 Å². The highest BCUT2D eigenvalue weighted by Crippen LogP contribution is 2.12. The average Bonchev–Trinajstić information content (AvgIpc) is 2.36. The van der Waals surface area contributed by atoms with Gasteiger partial charge in [0.15, 0.2) is 5.78 Å². The molecule has 2 atom stereocenters. The van der Waals surface area contributed by atoms with Gasteiger partial charge in [0.05, 0.1) is 12.3 Å². The van der Waals surface area contributed by atoms with Crippen molar-refractivity contribution in [1.82, 2.24) is 5.32 Å². The summed E-state index contributed by atoms with van der Waals surface area (Å²) >= 11 is 0. The van der Waals surface area contributed by atoms with Gasteiger partial charge in [-0.3, -0.25) is 9.52 Å². The SMILES string of the molecule is CC[C@H](C)N[C@H](C)C(=O)c1ccc(NS(C)(=O)=O)cc1. The highest BCUT2D eigenvalue weighted by Gasteiger charge is 2.16. The van der Waals surface area contributed by atoms with Gasteiger partial charge in [-0.2, -0.15) is 0 Å². The Balaban J connectivity index is 2.75. The molecule has 20 heavy (non-hydrogen) atoms. The van der Waals surface area contributed by atoms with Crippen molar-refractivity contribution in [2.24, 2.45) is 0 Å². The number of hydrogen-bond acceptors (Lipinski definition) is 4. The van der Waals surface area contributed by atoms with Crippen LogP contribution in [0.15, 0.2) is 24.3 Å². The van der Waals surface area contributed by atoms with Gasteiger partial charge in [-0.25, -0.2) is 8.42 Å². The Kier molecular flexibility index (Phi) is 5.71. The van der Waals surface area contributed by atoms with Gasteiger partial charge in [0.1, 0.15) is 0 Å². The summed E-state index contributed by atoms with van der Waals surface area (Å²) < 4.78 is 24.6. The number of carbonyl (C=O) groups excluding carboxylic acids is 1. The predicted molar refractivity (Wildman–Crippen MR) is 81.6 cm³/mol. The number of nitrogens with one attached hydrogen (secondary N) is 2. The zero-order chi connectivity index (χ0) is 15.3. The number of Topliss-reactive ketones (excluding diaryl/α,β-unsaturated/α-hetero) is 1. The van der Waals surface area contributed by atoms with Gasteiger partial charge in [0.25, 0.3) is 0 Å². The van der Waals surface area contributed by atoms with Gasteiger partial charge in [-0.1, -0.05) is 6.92 Å². The van der Waals surface area contributed by atoms with Crippen molar-refractivity contribution < 1.29 is 13.2 Å². The third kappa shape index (κ3) is 5.30. The van der Waals surface area contributed by atoms with Crippen molar-refractivity contribution in [1.29, 1.82) is 0 Å². The molecule has 0 unspecified atom stereocenters. The van der Waals surface area contributed by atoms with E-state index in [0.29, 0.717) is 11.3 Å². The molecule has 0 amide bonds. The minimum absolute atomic E-state index is 0.00351. The smallest absolute Gasteiger partial charge is 0.229 e. The third-order valence-electron chi connectivity index (χ3n) is 3.01. The number of benzene rings is 1. The molecule has 0 aliphatic carbocycles. The maximum absolute atomic E-state index is 12.2. The van der Waals surface area contributed by atoms with Crippen LogP contribution in [-0.4, -0.2) is 32.5 Å². The lowest BCUT2D eigenvalue weighted by Crippen LogP contribution is -2.39. The van der Waals surface area contributed by atoms with Crippen LogP contribution in [0.5, 0.6) is 0 Å². The van der Waals surface area contributed by atoms with Crippen LogP contribution in [0.3, 0.4) is 0 Å². The molecule has 0 spiro atoms. The molecule has 0 radical (unpaired) electrons. The second-order valence-corrected chi connectivity index (χ2v) is 6.76. The summed E-state index contributed by atoms with van der Waals surface area (Å²) in [5.41, 5.74) is 1.01. The normalized spacial score (nSPS) is 14.6. The molecule has 0 saturated heterocycles. The van der Waals surface area contributed by atoms with Crippen molar-refractivity contribution in [3.8, 4) is 0 Å². The first-order valence-corrected chi connectivity index (χ1v) is 8.50. The maximum atomic E-state index is 12.2. The number of ketones is 1. The lowest BCUT2D eigenvalue weighted by atomic mass is 10.0. The number of sulfonamides is 1. The standard InChI is InChI=1S/C14H22N2O3S/c1-5-10(2)15-11(3)14(17)12-6-8-13(9-7-12)16-20(4,18)19/h6-11,15-16H,5H2,1-4H3/t10-,11+/m0/s1. The summed E-state index contributed by atoms with van der Waals surface area (Å²) in [5.74, 6) is -0.00351. The molecular weight excluding hydrogens is 276 g/mol. The van der Waals surface area contributed by atoms with E-state index in [-0.39, 0.29) is 17.9 Å². The second-order valence-electron chi connectivity index (χ2n) is 5.01. The zero-order valence-corrected chi connectivity index (χ0v) is 13.1. The van der Waals surface area contributed by atoms with Crippen molar-refractivity contribution in [2.75, 3.05) is 11.0 Å². The topological polar surface area (TPSA) is 75.3 Å². The van der Waals surface area contributed by atoms with Gasteiger partial charge >= 0.3 is 0 Å². The first-order chi connectivity index (χ1) is 9.23. The molecule has 6 heteroatoms. The van der Waals surface area contributed by atoms with Crippen molar-refractivity contribution >= 4 is 21.5 Å². The van der Waals surface area contributed by atoms with Gasteiger partial charge in [0, 0.05) is 17.3 Å². The molecule has 1 rings (SSSR count). The van der Waals surface area contributed by atoms with E-state index in [1.165, 1.54) is 0 Å². The number of hydrogen-bond donors (Lipinski definition) is 2. The summed E-state index contributed by atoms with van der Waals surface area (Å²) in [4.78, 5) is 12.2. The van der Waals surface area contributed by atoms with Gasteiger partial charge in [-0.05, 0) is 44.5 Å². The van der Waals surface area contributed by atoms with Gasteiger partial charge < -0.3 is 5.32 Å². The predicted octanol–water partition coefficient (Wildman–Crippen LogP) is 2.02. The molecule has 0 heterocycles. The molecule has 0 aliphatic heterocycles. The van der Waals surface area contributed by atoms with E-state index < -0.39 is 10.0 Å². The highest BCUT2D eigenvalue weighted by molar-refractivity contribution is 7.92. The molecule has 5 nitrogen and oxygen atoms in total. The average molecular weight is 298 g/mol. The summed E-state index contributed by atoms with van der Waals surface area (Å²) in [6.07, 6.45) is 2.04. The van der Waals surface area contributed by atoms with E-state index in [4.69, 9.17) is 0 Å². The maximum Gasteiger partial charge on any atom is 0.229 e. The second kappa shape index (κ2) is 6.85. The van der Waals surface area contributed by atoms with E-state index in [1.807, 2.05) is 13.8 Å². The quantitative estimate of drug-likeness (QED) is 0.755. The monoisotopic (exact) mass is 298 g/mol. The molecular formula is C14H22N2O3S. The van der Waals surface area contributed by atoms with Crippen LogP contribution in [0, 0.1) is 0 Å². The van der Waals surface area contributed by atoms with Crippen LogP contribution in [-0.2, 0) is 10.0 Å². The van der Waals surface area contributed by atoms with E-state index >= 15 is 0 Å². The van der Waals surface area contributed by atoms with E-state index in [2.05, 4.69) is 17.0 Å². The summed E-state index contributed by atoms with van der Waals surface area (Å²) in [6, 6.07) is 6.45. The van der Waals surface area contributed by atoms with Crippen molar-refractivity contribution in [2.45, 2.75) is 39.3 Å². The highest BCUT2D eigenvalue weighted by atomic mass is 32.2. The zero-order valence-electron chi connectivity index (χ0n) is 12.3. The first-order valence-electron chi connectivity index (χ1n) is 6.61. The molecule has 0 aromatic heterocycles. The summed E-state index contributed by atoms with van der Waals surface area (Å²) in [6.45, 7) is 5.92.